The molecule has 0 aliphatic heterocycles. The van der Waals surface area contributed by atoms with Gasteiger partial charge >= 0.3 is 0 Å². The van der Waals surface area contributed by atoms with Gasteiger partial charge in [-0.15, -0.1) is 0 Å². The van der Waals surface area contributed by atoms with Crippen LogP contribution in [0.1, 0.15) is 69.9 Å². The summed E-state index contributed by atoms with van der Waals surface area (Å²) >= 11 is 0. The van der Waals surface area contributed by atoms with E-state index in [2.05, 4.69) is 136 Å². The zero-order valence-corrected chi connectivity index (χ0v) is 29.6. The average Bonchev–Trinajstić information content (AvgIpc) is 3.65. The van der Waals surface area contributed by atoms with Crippen molar-refractivity contribution in [3.05, 3.63) is 95.6 Å². The molecule has 3 atom stereocenters. The molecule has 0 spiro atoms. The van der Waals surface area contributed by atoms with Crippen LogP contribution in [-0.4, -0.2) is 49.3 Å². The fraction of sp³-hybridized carbons (Fsp3) is 0.463. The highest BCUT2D eigenvalue weighted by Crippen LogP contribution is 2.59. The van der Waals surface area contributed by atoms with Crippen LogP contribution in [0.5, 0.6) is 0 Å². The maximum Gasteiger partial charge on any atom is 0.190 e. The minimum atomic E-state index is -1.77. The lowest BCUT2D eigenvalue weighted by Gasteiger charge is -2.53. The van der Waals surface area contributed by atoms with Crippen LogP contribution < -0.4 is 0 Å². The number of quaternary nitrogens is 1. The van der Waals surface area contributed by atoms with E-state index in [1.54, 1.807) is 5.57 Å². The molecule has 4 heteroatoms. The number of fused-ring (bicyclic) bond motifs is 7. The van der Waals surface area contributed by atoms with Gasteiger partial charge in [-0.1, -0.05) is 107 Å². The van der Waals surface area contributed by atoms with E-state index in [1.165, 1.54) is 89.1 Å². The van der Waals surface area contributed by atoms with E-state index >= 15 is 0 Å². The predicted molar refractivity (Wildman–Crippen MR) is 194 cm³/mol. The standard InChI is InChI=1S/C41H52N3Si/c1-41(2)36-26-30(42-38-19-13-11-17-32(38)33-18-12-14-20-39(33)42)22-23-31(36)35-25-28-21-24-40(34(28)27-37(35)41)45(6,7)43(44(3,4)5)29-15-9-8-10-16-29/h11-14,17-20,22-23,25-29,34,40H,8-10,15-16,21,24H2,1-7H3/q+1. The Morgan fingerprint density at radius 3 is 2.07 bits per heavy atom. The molecule has 8 rings (SSSR count). The number of hydrogen-bond donors (Lipinski definition) is 0. The summed E-state index contributed by atoms with van der Waals surface area (Å²) in [6.45, 7) is 10.4. The SMILES string of the molecule is CC1(C)C2=CC3C(C=C2c2ccc(-n4c5ccccc5c5ccccc54)cc21)CCC3[Si](C)(C)N(C1CCCCC1)[N+](C)(C)C. The molecule has 0 N–H and O–H groups in total. The van der Waals surface area contributed by atoms with Crippen LogP contribution in [0.4, 0.5) is 0 Å². The molecule has 45 heavy (non-hydrogen) atoms. The molecule has 2 fully saturated rings. The van der Waals surface area contributed by atoms with Crippen molar-refractivity contribution in [3.8, 4) is 5.69 Å². The second-order valence-electron chi connectivity index (χ2n) is 16.5. The molecule has 0 saturated heterocycles. The Kier molecular flexibility index (Phi) is 6.74. The van der Waals surface area contributed by atoms with Crippen molar-refractivity contribution >= 4 is 35.6 Å². The highest BCUT2D eigenvalue weighted by Gasteiger charge is 2.55. The van der Waals surface area contributed by atoms with E-state index in [0.717, 1.165) is 16.2 Å². The first-order chi connectivity index (χ1) is 21.5. The Hall–Kier alpha value is -2.92. The van der Waals surface area contributed by atoms with Gasteiger partial charge in [-0.05, 0) is 83.2 Å². The van der Waals surface area contributed by atoms with E-state index in [0.29, 0.717) is 11.8 Å². The normalized spacial score (nSPS) is 24.9. The molecule has 4 aliphatic rings. The largest absolute Gasteiger partial charge is 0.309 e. The monoisotopic (exact) mass is 614 g/mol. The van der Waals surface area contributed by atoms with Crippen molar-refractivity contribution in [1.82, 2.24) is 9.24 Å². The zero-order valence-electron chi connectivity index (χ0n) is 28.6. The van der Waals surface area contributed by atoms with E-state index in [-0.39, 0.29) is 5.41 Å². The van der Waals surface area contributed by atoms with Crippen LogP contribution in [0.2, 0.25) is 18.6 Å². The summed E-state index contributed by atoms with van der Waals surface area (Å²) in [4.78, 5) is 0. The molecular formula is C41H52N3Si+. The molecule has 2 saturated carbocycles. The lowest BCUT2D eigenvalue weighted by molar-refractivity contribution is -0.975. The number of aromatic nitrogens is 1. The number of hydrogen-bond acceptors (Lipinski definition) is 1. The summed E-state index contributed by atoms with van der Waals surface area (Å²) in [5.41, 5.74) is 10.7. The minimum Gasteiger partial charge on any atom is -0.309 e. The van der Waals surface area contributed by atoms with E-state index in [4.69, 9.17) is 0 Å². The number of benzene rings is 3. The number of nitrogens with zero attached hydrogens (tertiary/aromatic N) is 3. The van der Waals surface area contributed by atoms with Gasteiger partial charge < -0.3 is 4.57 Å². The van der Waals surface area contributed by atoms with Crippen LogP contribution in [0, 0.1) is 11.8 Å². The molecular weight excluding hydrogens is 563 g/mol. The second-order valence-corrected chi connectivity index (χ2v) is 21.0. The lowest BCUT2D eigenvalue weighted by atomic mass is 9.76. The summed E-state index contributed by atoms with van der Waals surface area (Å²) in [5.74, 6) is 1.33. The topological polar surface area (TPSA) is 8.17 Å². The van der Waals surface area contributed by atoms with Crippen molar-refractivity contribution in [2.24, 2.45) is 11.8 Å². The molecule has 1 aromatic heterocycles. The third-order valence-corrected chi connectivity index (χ3v) is 17.0. The number of para-hydroxylation sites is 2. The minimum absolute atomic E-state index is 0.0110. The van der Waals surface area contributed by atoms with Crippen LogP contribution in [-0.2, 0) is 5.41 Å². The summed E-state index contributed by atoms with van der Waals surface area (Å²) in [7, 11) is 5.56. The summed E-state index contributed by atoms with van der Waals surface area (Å²) < 4.78 is 6.52. The number of rotatable bonds is 5. The highest BCUT2D eigenvalue weighted by atomic mass is 28.3. The fourth-order valence-electron chi connectivity index (χ4n) is 10.7. The van der Waals surface area contributed by atoms with Gasteiger partial charge in [0.15, 0.2) is 8.24 Å². The van der Waals surface area contributed by atoms with Crippen LogP contribution in [0.3, 0.4) is 0 Å². The predicted octanol–water partition coefficient (Wildman–Crippen LogP) is 10.3. The lowest BCUT2D eigenvalue weighted by Crippen LogP contribution is -2.69. The third kappa shape index (κ3) is 4.42. The molecule has 0 bridgehead atoms. The first kappa shape index (κ1) is 29.5. The van der Waals surface area contributed by atoms with Gasteiger partial charge in [0.25, 0.3) is 0 Å². The molecule has 3 nitrogen and oxygen atoms in total. The Labute approximate surface area is 271 Å². The summed E-state index contributed by atoms with van der Waals surface area (Å²) in [6.07, 6.45) is 15.3. The molecule has 234 valence electrons. The molecule has 4 aliphatic carbocycles. The fourth-order valence-corrected chi connectivity index (χ4v) is 15.9. The first-order valence-electron chi connectivity index (χ1n) is 17.7. The molecule has 3 unspecified atom stereocenters. The summed E-state index contributed by atoms with van der Waals surface area (Å²) in [5, 5.41) is 2.66. The van der Waals surface area contributed by atoms with E-state index in [1.807, 2.05) is 0 Å². The van der Waals surface area contributed by atoms with E-state index in [9.17, 15) is 0 Å². The molecule has 4 aromatic rings. The number of allylic oxidation sites excluding steroid dienone is 4. The van der Waals surface area contributed by atoms with Gasteiger partial charge in [0, 0.05) is 27.9 Å². The van der Waals surface area contributed by atoms with E-state index < -0.39 is 8.24 Å². The van der Waals surface area contributed by atoms with Crippen molar-refractivity contribution in [3.63, 3.8) is 0 Å². The first-order valence-corrected chi connectivity index (χ1v) is 20.7. The van der Waals surface area contributed by atoms with Crippen LogP contribution in [0.15, 0.2) is 84.5 Å². The molecule has 0 amide bonds. The van der Waals surface area contributed by atoms with Gasteiger partial charge in [0.1, 0.15) is 0 Å². The second kappa shape index (κ2) is 10.3. The Morgan fingerprint density at radius 1 is 0.778 bits per heavy atom. The smallest absolute Gasteiger partial charge is 0.190 e. The highest BCUT2D eigenvalue weighted by molar-refractivity contribution is 6.76. The van der Waals surface area contributed by atoms with Crippen molar-refractivity contribution in [2.75, 3.05) is 21.1 Å². The van der Waals surface area contributed by atoms with Crippen LogP contribution in [0.25, 0.3) is 33.1 Å². The molecule has 3 aromatic carbocycles. The average molecular weight is 615 g/mol. The quantitative estimate of drug-likeness (QED) is 0.123. The Bertz CT molecular complexity index is 1810. The van der Waals surface area contributed by atoms with Gasteiger partial charge in [0.05, 0.1) is 32.2 Å². The molecule has 1 heterocycles. The third-order valence-electron chi connectivity index (χ3n) is 12.3. The zero-order chi connectivity index (χ0) is 31.3. The molecule has 0 radical (unpaired) electrons. The van der Waals surface area contributed by atoms with Gasteiger partial charge in [-0.2, -0.15) is 4.67 Å². The Morgan fingerprint density at radius 2 is 1.42 bits per heavy atom. The maximum atomic E-state index is 3.06. The van der Waals surface area contributed by atoms with Crippen molar-refractivity contribution < 1.29 is 4.59 Å². The van der Waals surface area contributed by atoms with Gasteiger partial charge in [-0.3, -0.25) is 4.59 Å². The maximum absolute atomic E-state index is 3.06. The van der Waals surface area contributed by atoms with Gasteiger partial charge in [-0.25, -0.2) is 0 Å². The summed E-state index contributed by atoms with van der Waals surface area (Å²) in [6, 6.07) is 25.8. The Balaban J connectivity index is 1.19. The van der Waals surface area contributed by atoms with Crippen LogP contribution >= 0.6 is 0 Å². The van der Waals surface area contributed by atoms with Crippen molar-refractivity contribution in [1.29, 1.82) is 0 Å². The van der Waals surface area contributed by atoms with Gasteiger partial charge in [0.2, 0.25) is 0 Å². The van der Waals surface area contributed by atoms with Crippen molar-refractivity contribution in [2.45, 2.75) is 88.9 Å².